The van der Waals surface area contributed by atoms with Gasteiger partial charge in [0, 0.05) is 11.3 Å². The number of aryl methyl sites for hydroxylation is 1. The lowest BCUT2D eigenvalue weighted by Crippen LogP contribution is -2.15. The van der Waals surface area contributed by atoms with Crippen LogP contribution in [0.5, 0.6) is 0 Å². The first-order valence-electron chi connectivity index (χ1n) is 4.80. The summed E-state index contributed by atoms with van der Waals surface area (Å²) in [6.45, 7) is 3.75. The molecule has 1 rings (SSSR count). The smallest absolute Gasteiger partial charge is 0.251 e. The molecule has 4 nitrogen and oxygen atoms in total. The van der Waals surface area contributed by atoms with Crippen molar-refractivity contribution in [2.75, 3.05) is 5.32 Å². The second-order valence-corrected chi connectivity index (χ2v) is 4.21. The van der Waals surface area contributed by atoms with E-state index in [2.05, 4.69) is 5.32 Å². The van der Waals surface area contributed by atoms with E-state index >= 15 is 0 Å². The lowest BCUT2D eigenvalue weighted by Gasteiger charge is -2.01. The summed E-state index contributed by atoms with van der Waals surface area (Å²) in [5.41, 5.74) is 5.62. The first-order valence-corrected chi connectivity index (χ1v) is 5.62. The summed E-state index contributed by atoms with van der Waals surface area (Å²) < 4.78 is 0. The van der Waals surface area contributed by atoms with Crippen molar-refractivity contribution in [3.8, 4) is 0 Å². The van der Waals surface area contributed by atoms with Gasteiger partial charge in [-0.25, -0.2) is 0 Å². The van der Waals surface area contributed by atoms with Gasteiger partial charge in [-0.3, -0.25) is 9.59 Å². The molecule has 0 saturated carbocycles. The molecule has 1 heterocycles. The number of thiophene rings is 1. The number of carbonyl (C=O) groups excluding carboxylic acids is 2. The van der Waals surface area contributed by atoms with Crippen molar-refractivity contribution in [2.24, 2.45) is 5.73 Å². The predicted octanol–water partition coefficient (Wildman–Crippen LogP) is 1.76. The molecule has 0 saturated heterocycles. The molecule has 0 aliphatic heterocycles. The minimum atomic E-state index is -0.502. The molecule has 15 heavy (non-hydrogen) atoms. The maximum absolute atomic E-state index is 11.2. The van der Waals surface area contributed by atoms with E-state index in [0.29, 0.717) is 17.0 Å². The summed E-state index contributed by atoms with van der Waals surface area (Å²) >= 11 is 1.40. The highest BCUT2D eigenvalue weighted by Gasteiger charge is 2.14. The van der Waals surface area contributed by atoms with E-state index in [1.165, 1.54) is 11.3 Å². The Balaban J connectivity index is 2.98. The van der Waals surface area contributed by atoms with Gasteiger partial charge in [-0.15, -0.1) is 11.3 Å². The Bertz CT molecular complexity index is 385. The number of rotatable bonds is 4. The van der Waals surface area contributed by atoms with Crippen LogP contribution in [0.2, 0.25) is 0 Å². The highest BCUT2D eigenvalue weighted by molar-refractivity contribution is 7.16. The molecule has 1 aromatic rings. The lowest BCUT2D eigenvalue weighted by atomic mass is 10.2. The Morgan fingerprint density at radius 2 is 2.13 bits per heavy atom. The summed E-state index contributed by atoms with van der Waals surface area (Å²) in [5, 5.41) is 3.24. The van der Waals surface area contributed by atoms with Crippen molar-refractivity contribution in [1.29, 1.82) is 0 Å². The second-order valence-electron chi connectivity index (χ2n) is 3.08. The van der Waals surface area contributed by atoms with Gasteiger partial charge in [-0.1, -0.05) is 13.8 Å². The molecular weight excluding hydrogens is 212 g/mol. The number of nitrogens with one attached hydrogen (secondary N) is 1. The summed E-state index contributed by atoms with van der Waals surface area (Å²) in [6.07, 6.45) is 1.21. The number of carbonyl (C=O) groups is 2. The van der Waals surface area contributed by atoms with Crippen molar-refractivity contribution in [2.45, 2.75) is 26.7 Å². The number of hydrogen-bond donors (Lipinski definition) is 2. The maximum Gasteiger partial charge on any atom is 0.251 e. The summed E-state index contributed by atoms with van der Waals surface area (Å²) in [4.78, 5) is 23.3. The summed E-state index contributed by atoms with van der Waals surface area (Å²) in [6, 6.07) is 1.73. The third kappa shape index (κ3) is 2.79. The number of nitrogens with two attached hydrogens (primary N) is 1. The van der Waals surface area contributed by atoms with Gasteiger partial charge >= 0.3 is 0 Å². The normalized spacial score (nSPS) is 10.0. The van der Waals surface area contributed by atoms with Gasteiger partial charge in [-0.05, 0) is 12.5 Å². The van der Waals surface area contributed by atoms with E-state index in [1.54, 1.807) is 13.0 Å². The summed E-state index contributed by atoms with van der Waals surface area (Å²) in [7, 11) is 0. The number of anilines is 1. The molecule has 3 N–H and O–H groups in total. The Morgan fingerprint density at radius 3 is 2.60 bits per heavy atom. The van der Waals surface area contributed by atoms with Gasteiger partial charge in [-0.2, -0.15) is 0 Å². The molecule has 2 amide bonds. The van der Waals surface area contributed by atoms with E-state index in [0.717, 1.165) is 11.3 Å². The molecule has 0 fully saturated rings. The SMILES string of the molecule is CCC(=O)Nc1sc(CC)cc1C(N)=O. The van der Waals surface area contributed by atoms with E-state index in [-0.39, 0.29) is 5.91 Å². The van der Waals surface area contributed by atoms with Crippen LogP contribution in [0, 0.1) is 0 Å². The van der Waals surface area contributed by atoms with Crippen LogP contribution < -0.4 is 11.1 Å². The van der Waals surface area contributed by atoms with Crippen molar-refractivity contribution >= 4 is 28.2 Å². The third-order valence-electron chi connectivity index (χ3n) is 1.97. The fraction of sp³-hybridized carbons (Fsp3) is 0.400. The Morgan fingerprint density at radius 1 is 1.47 bits per heavy atom. The van der Waals surface area contributed by atoms with E-state index < -0.39 is 5.91 Å². The third-order valence-corrected chi connectivity index (χ3v) is 3.17. The molecule has 0 aromatic carbocycles. The zero-order valence-electron chi connectivity index (χ0n) is 8.79. The summed E-state index contributed by atoms with van der Waals surface area (Å²) in [5.74, 6) is -0.612. The Hall–Kier alpha value is -1.36. The van der Waals surface area contributed by atoms with Gasteiger partial charge in [0.2, 0.25) is 5.91 Å². The maximum atomic E-state index is 11.2. The highest BCUT2D eigenvalue weighted by Crippen LogP contribution is 2.28. The first kappa shape index (κ1) is 11.7. The van der Waals surface area contributed by atoms with Crippen LogP contribution in [0.25, 0.3) is 0 Å². The molecule has 0 aliphatic rings. The minimum Gasteiger partial charge on any atom is -0.366 e. The fourth-order valence-corrected chi connectivity index (χ4v) is 2.12. The number of hydrogen-bond acceptors (Lipinski definition) is 3. The zero-order valence-corrected chi connectivity index (χ0v) is 9.61. The molecule has 0 spiro atoms. The number of amides is 2. The monoisotopic (exact) mass is 226 g/mol. The van der Waals surface area contributed by atoms with Crippen molar-refractivity contribution in [1.82, 2.24) is 0 Å². The average Bonchev–Trinajstić information content (AvgIpc) is 2.61. The van der Waals surface area contributed by atoms with Crippen LogP contribution in [0.4, 0.5) is 5.00 Å². The number of primary amides is 1. The first-order chi connectivity index (χ1) is 7.08. The van der Waals surface area contributed by atoms with Crippen LogP contribution in [0.1, 0.15) is 35.5 Å². The molecule has 0 radical (unpaired) electrons. The van der Waals surface area contributed by atoms with E-state index in [1.807, 2.05) is 6.92 Å². The van der Waals surface area contributed by atoms with Crippen molar-refractivity contribution < 1.29 is 9.59 Å². The van der Waals surface area contributed by atoms with Crippen LogP contribution >= 0.6 is 11.3 Å². The quantitative estimate of drug-likeness (QED) is 0.821. The molecule has 1 aromatic heterocycles. The van der Waals surface area contributed by atoms with Crippen molar-refractivity contribution in [3.05, 3.63) is 16.5 Å². The molecule has 0 unspecified atom stereocenters. The van der Waals surface area contributed by atoms with Gasteiger partial charge in [0.1, 0.15) is 5.00 Å². The topological polar surface area (TPSA) is 72.2 Å². The molecule has 5 heteroatoms. The van der Waals surface area contributed by atoms with Gasteiger partial charge in [0.15, 0.2) is 0 Å². The Labute approximate surface area is 92.5 Å². The van der Waals surface area contributed by atoms with Crippen LogP contribution in [-0.4, -0.2) is 11.8 Å². The molecule has 0 atom stereocenters. The van der Waals surface area contributed by atoms with E-state index in [9.17, 15) is 9.59 Å². The van der Waals surface area contributed by atoms with Crippen LogP contribution in [0.15, 0.2) is 6.07 Å². The molecule has 0 aliphatic carbocycles. The van der Waals surface area contributed by atoms with Gasteiger partial charge < -0.3 is 11.1 Å². The standard InChI is InChI=1S/C10H14N2O2S/c1-3-6-5-7(9(11)14)10(15-6)12-8(13)4-2/h5H,3-4H2,1-2H3,(H2,11,14)(H,12,13). The molecular formula is C10H14N2O2S. The average molecular weight is 226 g/mol. The fourth-order valence-electron chi connectivity index (χ4n) is 1.11. The molecule has 0 bridgehead atoms. The highest BCUT2D eigenvalue weighted by atomic mass is 32.1. The van der Waals surface area contributed by atoms with Gasteiger partial charge in [0.25, 0.3) is 5.91 Å². The predicted molar refractivity (Wildman–Crippen MR) is 61.1 cm³/mol. The van der Waals surface area contributed by atoms with E-state index in [4.69, 9.17) is 5.73 Å². The molecule has 82 valence electrons. The largest absolute Gasteiger partial charge is 0.366 e. The zero-order chi connectivity index (χ0) is 11.4. The minimum absolute atomic E-state index is 0.109. The van der Waals surface area contributed by atoms with Gasteiger partial charge in [0.05, 0.1) is 5.56 Å². The lowest BCUT2D eigenvalue weighted by molar-refractivity contribution is -0.115. The second kappa shape index (κ2) is 4.93. The van der Waals surface area contributed by atoms with Crippen LogP contribution in [0.3, 0.4) is 0 Å². The van der Waals surface area contributed by atoms with Crippen LogP contribution in [-0.2, 0) is 11.2 Å². The van der Waals surface area contributed by atoms with Crippen molar-refractivity contribution in [3.63, 3.8) is 0 Å². The Kier molecular flexibility index (Phi) is 3.85.